The van der Waals surface area contributed by atoms with Gasteiger partial charge in [-0.15, -0.1) is 13.2 Å². The smallest absolute Gasteiger partial charge is 0.191 e. The first kappa shape index (κ1) is 24.1. The van der Waals surface area contributed by atoms with Crippen LogP contribution in [0.4, 0.5) is 0 Å². The second-order valence-electron chi connectivity index (χ2n) is 8.00. The molecule has 0 aliphatic carbocycles. The number of guanidine groups is 1. The molecule has 8 heteroatoms. The summed E-state index contributed by atoms with van der Waals surface area (Å²) in [4.78, 5) is 11.9. The average Bonchev–Trinajstić information content (AvgIpc) is 3.10. The van der Waals surface area contributed by atoms with Crippen molar-refractivity contribution in [1.82, 2.24) is 30.3 Å². The molecule has 1 aliphatic rings. The van der Waals surface area contributed by atoms with Crippen LogP contribution in [0.5, 0.6) is 0 Å². The molecule has 0 saturated heterocycles. The Labute approximate surface area is 181 Å². The quantitative estimate of drug-likeness (QED) is 0.308. The molecule has 0 bridgehead atoms. The van der Waals surface area contributed by atoms with Crippen LogP contribution in [-0.4, -0.2) is 71.0 Å². The minimum absolute atomic E-state index is 0.266. The van der Waals surface area contributed by atoms with Gasteiger partial charge in [0.1, 0.15) is 12.4 Å². The Hall–Kier alpha value is -2.19. The van der Waals surface area contributed by atoms with E-state index in [4.69, 9.17) is 9.73 Å². The lowest BCUT2D eigenvalue weighted by molar-refractivity contribution is 0.177. The van der Waals surface area contributed by atoms with Crippen LogP contribution in [0.2, 0.25) is 0 Å². The van der Waals surface area contributed by atoms with Crippen LogP contribution in [0.1, 0.15) is 38.8 Å². The SMILES string of the molecule is C=CCN(CC=C)C(CN=C(NCC)NC1CCc2nc(COC)nn2C1)C(C)C. The number of methoxy groups -OCH3 is 1. The Balaban J connectivity index is 2.05. The van der Waals surface area contributed by atoms with Crippen LogP contribution in [-0.2, 0) is 24.3 Å². The summed E-state index contributed by atoms with van der Waals surface area (Å²) in [5.41, 5.74) is 0. The topological polar surface area (TPSA) is 79.6 Å². The van der Waals surface area contributed by atoms with Crippen molar-refractivity contribution in [3.63, 3.8) is 0 Å². The number of hydrogen-bond acceptors (Lipinski definition) is 5. The number of aryl methyl sites for hydroxylation is 1. The van der Waals surface area contributed by atoms with E-state index in [-0.39, 0.29) is 6.04 Å². The van der Waals surface area contributed by atoms with Gasteiger partial charge in [0.05, 0.1) is 13.1 Å². The largest absolute Gasteiger partial charge is 0.377 e. The summed E-state index contributed by atoms with van der Waals surface area (Å²) < 4.78 is 7.15. The second-order valence-corrected chi connectivity index (χ2v) is 8.00. The molecule has 2 unspecified atom stereocenters. The summed E-state index contributed by atoms with van der Waals surface area (Å²) in [5, 5.41) is 11.5. The van der Waals surface area contributed by atoms with E-state index in [0.29, 0.717) is 25.1 Å². The fourth-order valence-electron chi connectivity index (χ4n) is 3.79. The lowest BCUT2D eigenvalue weighted by atomic mass is 10.0. The summed E-state index contributed by atoms with van der Waals surface area (Å²) in [6.45, 7) is 18.8. The van der Waals surface area contributed by atoms with Crippen LogP contribution >= 0.6 is 0 Å². The number of aliphatic imine (C=N–C) groups is 1. The third-order valence-electron chi connectivity index (χ3n) is 5.26. The van der Waals surface area contributed by atoms with Gasteiger partial charge in [-0.3, -0.25) is 9.89 Å². The molecule has 1 aliphatic heterocycles. The van der Waals surface area contributed by atoms with Gasteiger partial charge >= 0.3 is 0 Å². The van der Waals surface area contributed by atoms with Crippen molar-refractivity contribution in [2.75, 3.05) is 33.3 Å². The Bertz CT molecular complexity index is 688. The summed E-state index contributed by atoms with van der Waals surface area (Å²) >= 11 is 0. The Morgan fingerprint density at radius 1 is 1.37 bits per heavy atom. The van der Waals surface area contributed by atoms with Gasteiger partial charge in [-0.2, -0.15) is 5.10 Å². The molecule has 0 aromatic carbocycles. The molecule has 2 rings (SSSR count). The number of nitrogens with one attached hydrogen (secondary N) is 2. The zero-order valence-corrected chi connectivity index (χ0v) is 19.1. The molecular weight excluding hydrogens is 378 g/mol. The zero-order valence-electron chi connectivity index (χ0n) is 19.1. The van der Waals surface area contributed by atoms with Gasteiger partial charge in [-0.05, 0) is 19.3 Å². The maximum Gasteiger partial charge on any atom is 0.191 e. The minimum atomic E-state index is 0.266. The van der Waals surface area contributed by atoms with E-state index >= 15 is 0 Å². The minimum Gasteiger partial charge on any atom is -0.377 e. The molecule has 1 aromatic heterocycles. The van der Waals surface area contributed by atoms with E-state index in [1.54, 1.807) is 7.11 Å². The van der Waals surface area contributed by atoms with Gasteiger partial charge < -0.3 is 15.4 Å². The van der Waals surface area contributed by atoms with Gasteiger partial charge in [0.2, 0.25) is 0 Å². The molecule has 0 amide bonds. The van der Waals surface area contributed by atoms with E-state index in [1.807, 2.05) is 16.8 Å². The molecule has 8 nitrogen and oxygen atoms in total. The number of aromatic nitrogens is 3. The standard InChI is InChI=1S/C22H39N7O/c1-7-12-28(13-8-2)19(17(4)5)14-24-22(23-9-3)25-18-10-11-21-26-20(16-30-6)27-29(21)15-18/h7-8,17-19H,1-2,9-16H2,3-6H3,(H2,23,24,25). The fraction of sp³-hybridized carbons (Fsp3) is 0.682. The van der Waals surface area contributed by atoms with Crippen LogP contribution in [0.15, 0.2) is 30.3 Å². The number of rotatable bonds is 12. The molecular formula is C22H39N7O. The normalized spacial score (nSPS) is 17.7. The highest BCUT2D eigenvalue weighted by Gasteiger charge is 2.23. The molecule has 0 fully saturated rings. The first-order valence-corrected chi connectivity index (χ1v) is 10.9. The highest BCUT2D eigenvalue weighted by molar-refractivity contribution is 5.80. The monoisotopic (exact) mass is 417 g/mol. The van der Waals surface area contributed by atoms with Crippen molar-refractivity contribution < 1.29 is 4.74 Å². The predicted octanol–water partition coefficient (Wildman–Crippen LogP) is 1.99. The average molecular weight is 418 g/mol. The second kappa shape index (κ2) is 12.5. The first-order valence-electron chi connectivity index (χ1n) is 10.9. The Morgan fingerprint density at radius 2 is 2.10 bits per heavy atom. The maximum absolute atomic E-state index is 5.16. The molecule has 0 radical (unpaired) electrons. The predicted molar refractivity (Wildman–Crippen MR) is 123 cm³/mol. The molecule has 0 saturated carbocycles. The number of nitrogens with zero attached hydrogens (tertiary/aromatic N) is 5. The van der Waals surface area contributed by atoms with Gasteiger partial charge in [0.25, 0.3) is 0 Å². The van der Waals surface area contributed by atoms with Gasteiger partial charge in [-0.25, -0.2) is 9.67 Å². The molecule has 30 heavy (non-hydrogen) atoms. The van der Waals surface area contributed by atoms with Crippen molar-refractivity contribution in [2.24, 2.45) is 10.9 Å². The van der Waals surface area contributed by atoms with E-state index < -0.39 is 0 Å². The van der Waals surface area contributed by atoms with Gasteiger partial charge in [0.15, 0.2) is 11.8 Å². The molecule has 0 spiro atoms. The van der Waals surface area contributed by atoms with Crippen LogP contribution in [0.25, 0.3) is 0 Å². The van der Waals surface area contributed by atoms with E-state index in [0.717, 1.165) is 56.6 Å². The van der Waals surface area contributed by atoms with E-state index in [1.165, 1.54) is 0 Å². The third-order valence-corrected chi connectivity index (χ3v) is 5.26. The highest BCUT2D eigenvalue weighted by atomic mass is 16.5. The molecule has 2 atom stereocenters. The molecule has 2 heterocycles. The van der Waals surface area contributed by atoms with Crippen molar-refractivity contribution in [2.45, 2.75) is 58.8 Å². The van der Waals surface area contributed by atoms with Crippen molar-refractivity contribution >= 4 is 5.96 Å². The maximum atomic E-state index is 5.16. The summed E-state index contributed by atoms with van der Waals surface area (Å²) in [6.07, 6.45) is 5.79. The Kier molecular flexibility index (Phi) is 10.0. The van der Waals surface area contributed by atoms with E-state index in [9.17, 15) is 0 Å². The van der Waals surface area contributed by atoms with Gasteiger partial charge in [-0.1, -0.05) is 26.0 Å². The molecule has 168 valence electrons. The van der Waals surface area contributed by atoms with Crippen molar-refractivity contribution in [3.8, 4) is 0 Å². The summed E-state index contributed by atoms with van der Waals surface area (Å²) in [5.74, 6) is 3.11. The number of hydrogen-bond donors (Lipinski definition) is 2. The summed E-state index contributed by atoms with van der Waals surface area (Å²) in [6, 6.07) is 0.587. The van der Waals surface area contributed by atoms with Crippen LogP contribution in [0.3, 0.4) is 0 Å². The fourth-order valence-corrected chi connectivity index (χ4v) is 3.79. The lowest BCUT2D eigenvalue weighted by Crippen LogP contribution is -2.48. The number of ether oxygens (including phenoxy) is 1. The molecule has 2 N–H and O–H groups in total. The van der Waals surface area contributed by atoms with Crippen LogP contribution in [0, 0.1) is 5.92 Å². The van der Waals surface area contributed by atoms with Crippen molar-refractivity contribution in [3.05, 3.63) is 37.0 Å². The van der Waals surface area contributed by atoms with E-state index in [2.05, 4.69) is 59.5 Å². The first-order chi connectivity index (χ1) is 14.5. The Morgan fingerprint density at radius 3 is 2.70 bits per heavy atom. The van der Waals surface area contributed by atoms with Crippen molar-refractivity contribution in [1.29, 1.82) is 0 Å². The molecule has 1 aromatic rings. The summed E-state index contributed by atoms with van der Waals surface area (Å²) in [7, 11) is 1.67. The third kappa shape index (κ3) is 6.95. The number of fused-ring (bicyclic) bond motifs is 1. The highest BCUT2D eigenvalue weighted by Crippen LogP contribution is 2.14. The zero-order chi connectivity index (χ0) is 21.9. The van der Waals surface area contributed by atoms with Gasteiger partial charge in [0, 0.05) is 45.2 Å². The van der Waals surface area contributed by atoms with Crippen LogP contribution < -0.4 is 10.6 Å². The lowest BCUT2D eigenvalue weighted by Gasteiger charge is -2.32.